The zero-order valence-electron chi connectivity index (χ0n) is 12.3. The summed E-state index contributed by atoms with van der Waals surface area (Å²) in [5, 5.41) is 1.16. The van der Waals surface area contributed by atoms with Gasteiger partial charge in [0.25, 0.3) is 0 Å². The summed E-state index contributed by atoms with van der Waals surface area (Å²) in [5.74, 6) is -0.0174. The fourth-order valence-corrected chi connectivity index (χ4v) is 3.28. The van der Waals surface area contributed by atoms with E-state index in [1.54, 1.807) is 12.1 Å². The molecule has 0 spiro atoms. The zero-order valence-corrected chi connectivity index (χ0v) is 13.8. The molecule has 0 saturated heterocycles. The van der Waals surface area contributed by atoms with Crippen LogP contribution in [0.5, 0.6) is 0 Å². The van der Waals surface area contributed by atoms with E-state index in [4.69, 9.17) is 23.2 Å². The number of hydrogen-bond donors (Lipinski definition) is 0. The van der Waals surface area contributed by atoms with Crippen LogP contribution in [0.25, 0.3) is 11.1 Å². The maximum absolute atomic E-state index is 13.0. The van der Waals surface area contributed by atoms with Gasteiger partial charge in [0.1, 0.15) is 0 Å². The van der Waals surface area contributed by atoms with Crippen molar-refractivity contribution < 1.29 is 4.79 Å². The first-order valence-corrected chi connectivity index (χ1v) is 7.74. The Balaban J connectivity index is 2.16. The second-order valence-corrected chi connectivity index (χ2v) is 6.10. The Hall–Kier alpha value is -1.83. The molecule has 0 radical (unpaired) electrons. The lowest BCUT2D eigenvalue weighted by molar-refractivity contribution is -0.108. The number of carbonyl (C=O) groups excluding carboxylic acids is 1. The number of hydrogen-bond acceptors (Lipinski definition) is 1. The number of Topliss-reactive ketones (excluding diaryl/α,β-unsaturated/α-hetero) is 1. The molecule has 1 aliphatic carbocycles. The van der Waals surface area contributed by atoms with Gasteiger partial charge in [-0.2, -0.15) is 0 Å². The minimum Gasteiger partial charge on any atom is -0.289 e. The predicted molar refractivity (Wildman–Crippen MR) is 93.1 cm³/mol. The van der Waals surface area contributed by atoms with Crippen molar-refractivity contribution in [3.8, 4) is 0 Å². The quantitative estimate of drug-likeness (QED) is 0.678. The SMILES string of the molecule is CC1=C(c2ccccc2Cl)C(=O)C(c2ccccc2Cl)=C1C. The highest BCUT2D eigenvalue weighted by molar-refractivity contribution is 6.50. The van der Waals surface area contributed by atoms with Gasteiger partial charge in [-0.15, -0.1) is 0 Å². The van der Waals surface area contributed by atoms with Gasteiger partial charge < -0.3 is 0 Å². The third-order valence-electron chi connectivity index (χ3n) is 4.05. The largest absolute Gasteiger partial charge is 0.289 e. The van der Waals surface area contributed by atoms with E-state index in [9.17, 15) is 4.79 Å². The highest BCUT2D eigenvalue weighted by atomic mass is 35.5. The molecule has 110 valence electrons. The van der Waals surface area contributed by atoms with Crippen molar-refractivity contribution in [2.24, 2.45) is 0 Å². The van der Waals surface area contributed by atoms with Gasteiger partial charge in [0, 0.05) is 32.3 Å². The molecule has 22 heavy (non-hydrogen) atoms. The topological polar surface area (TPSA) is 17.1 Å². The summed E-state index contributed by atoms with van der Waals surface area (Å²) in [6.45, 7) is 3.91. The molecule has 0 heterocycles. The van der Waals surface area contributed by atoms with Gasteiger partial charge in [-0.1, -0.05) is 59.6 Å². The molecule has 0 aliphatic heterocycles. The van der Waals surface area contributed by atoms with Gasteiger partial charge in [0.05, 0.1) is 0 Å². The molecule has 2 aromatic rings. The molecule has 0 unspecified atom stereocenters. The minimum atomic E-state index is -0.0174. The summed E-state index contributed by atoms with van der Waals surface area (Å²) < 4.78 is 0. The van der Waals surface area contributed by atoms with Crippen molar-refractivity contribution in [1.82, 2.24) is 0 Å². The number of carbonyl (C=O) groups is 1. The van der Waals surface area contributed by atoms with E-state index in [0.29, 0.717) is 21.2 Å². The van der Waals surface area contributed by atoms with E-state index >= 15 is 0 Å². The maximum atomic E-state index is 13.0. The molecule has 0 amide bonds. The maximum Gasteiger partial charge on any atom is 0.194 e. The Bertz CT molecular complexity index is 775. The first-order valence-electron chi connectivity index (χ1n) is 6.99. The Kier molecular flexibility index (Phi) is 3.94. The van der Waals surface area contributed by atoms with Crippen molar-refractivity contribution in [1.29, 1.82) is 0 Å². The Morgan fingerprint density at radius 2 is 1.05 bits per heavy atom. The van der Waals surface area contributed by atoms with Gasteiger partial charge in [-0.05, 0) is 37.1 Å². The summed E-state index contributed by atoms with van der Waals surface area (Å²) in [6, 6.07) is 14.8. The first-order chi connectivity index (χ1) is 10.5. The van der Waals surface area contributed by atoms with Gasteiger partial charge >= 0.3 is 0 Å². The second kappa shape index (κ2) is 5.75. The third-order valence-corrected chi connectivity index (χ3v) is 4.71. The van der Waals surface area contributed by atoms with Crippen LogP contribution in [-0.2, 0) is 4.79 Å². The highest BCUT2D eigenvalue weighted by Crippen LogP contribution is 2.43. The summed E-state index contributed by atoms with van der Waals surface area (Å²) in [7, 11) is 0. The summed E-state index contributed by atoms with van der Waals surface area (Å²) >= 11 is 12.6. The minimum absolute atomic E-state index is 0.0174. The van der Waals surface area contributed by atoms with Crippen LogP contribution in [0.4, 0.5) is 0 Å². The molecule has 0 aromatic heterocycles. The fraction of sp³-hybridized carbons (Fsp3) is 0.105. The fourth-order valence-electron chi connectivity index (χ4n) is 2.82. The summed E-state index contributed by atoms with van der Waals surface area (Å²) in [6.07, 6.45) is 0. The molecule has 2 aromatic carbocycles. The molecular weight excluding hydrogens is 315 g/mol. The molecule has 3 heteroatoms. The predicted octanol–water partition coefficient (Wildman–Crippen LogP) is 5.82. The molecule has 0 bridgehead atoms. The number of benzene rings is 2. The lowest BCUT2D eigenvalue weighted by Crippen LogP contribution is -2.02. The highest BCUT2D eigenvalue weighted by Gasteiger charge is 2.31. The molecule has 0 N–H and O–H groups in total. The molecule has 1 nitrogen and oxygen atoms in total. The van der Waals surface area contributed by atoms with Crippen LogP contribution in [0.2, 0.25) is 10.0 Å². The van der Waals surface area contributed by atoms with Crippen LogP contribution in [0.1, 0.15) is 25.0 Å². The van der Waals surface area contributed by atoms with Gasteiger partial charge in [-0.3, -0.25) is 4.79 Å². The van der Waals surface area contributed by atoms with Crippen LogP contribution in [0.3, 0.4) is 0 Å². The molecule has 3 rings (SSSR count). The molecule has 1 aliphatic rings. The van der Waals surface area contributed by atoms with Crippen LogP contribution >= 0.6 is 23.2 Å². The Morgan fingerprint density at radius 3 is 1.41 bits per heavy atom. The van der Waals surface area contributed by atoms with E-state index in [2.05, 4.69) is 0 Å². The van der Waals surface area contributed by atoms with E-state index in [1.807, 2.05) is 50.2 Å². The van der Waals surface area contributed by atoms with E-state index in [0.717, 1.165) is 22.3 Å². The molecule has 0 fully saturated rings. The van der Waals surface area contributed by atoms with E-state index in [1.165, 1.54) is 0 Å². The lowest BCUT2D eigenvalue weighted by Gasteiger charge is -2.08. The zero-order chi connectivity index (χ0) is 15.9. The first kappa shape index (κ1) is 15.1. The van der Waals surface area contributed by atoms with Crippen molar-refractivity contribution in [2.45, 2.75) is 13.8 Å². The monoisotopic (exact) mass is 328 g/mol. The van der Waals surface area contributed by atoms with Crippen LogP contribution in [-0.4, -0.2) is 5.78 Å². The third kappa shape index (κ3) is 2.31. The number of rotatable bonds is 2. The van der Waals surface area contributed by atoms with Crippen LogP contribution in [0, 0.1) is 0 Å². The Labute approximate surface area is 139 Å². The van der Waals surface area contributed by atoms with Crippen LogP contribution < -0.4 is 0 Å². The number of allylic oxidation sites excluding steroid dienone is 4. The van der Waals surface area contributed by atoms with Crippen molar-refractivity contribution >= 4 is 40.1 Å². The normalized spacial score (nSPS) is 15.0. The van der Waals surface area contributed by atoms with Crippen LogP contribution in [0.15, 0.2) is 59.7 Å². The van der Waals surface area contributed by atoms with Gasteiger partial charge in [0.2, 0.25) is 0 Å². The van der Waals surface area contributed by atoms with Gasteiger partial charge in [-0.25, -0.2) is 0 Å². The van der Waals surface area contributed by atoms with Crippen molar-refractivity contribution in [2.75, 3.05) is 0 Å². The van der Waals surface area contributed by atoms with E-state index < -0.39 is 0 Å². The van der Waals surface area contributed by atoms with Gasteiger partial charge in [0.15, 0.2) is 5.78 Å². The molecule has 0 atom stereocenters. The standard InChI is InChI=1S/C19H14Cl2O/c1-11-12(2)18(14-8-4-6-10-16(14)21)19(22)17(11)13-7-3-5-9-15(13)20/h3-10H,1-2H3. The Morgan fingerprint density at radius 1 is 0.682 bits per heavy atom. The lowest BCUT2D eigenvalue weighted by atomic mass is 9.96. The summed E-state index contributed by atoms with van der Waals surface area (Å²) in [5.41, 5.74) is 4.78. The van der Waals surface area contributed by atoms with E-state index in [-0.39, 0.29) is 5.78 Å². The smallest absolute Gasteiger partial charge is 0.194 e. The average Bonchev–Trinajstić information content (AvgIpc) is 2.72. The average molecular weight is 329 g/mol. The second-order valence-electron chi connectivity index (χ2n) is 5.29. The number of ketones is 1. The summed E-state index contributed by atoms with van der Waals surface area (Å²) in [4.78, 5) is 13.0. The number of halogens is 2. The molecular formula is C19H14Cl2O. The van der Waals surface area contributed by atoms with Crippen molar-refractivity contribution in [3.05, 3.63) is 80.8 Å². The molecule has 0 saturated carbocycles. The van der Waals surface area contributed by atoms with Crippen molar-refractivity contribution in [3.63, 3.8) is 0 Å².